The summed E-state index contributed by atoms with van der Waals surface area (Å²) in [5.41, 5.74) is 3.60. The van der Waals surface area contributed by atoms with Crippen molar-refractivity contribution in [2.75, 3.05) is 0 Å². The summed E-state index contributed by atoms with van der Waals surface area (Å²) in [7, 11) is 0. The summed E-state index contributed by atoms with van der Waals surface area (Å²) in [5.74, 6) is 0.157. The monoisotopic (exact) mass is 526 g/mol. The normalized spacial score (nSPS) is 16.3. The maximum absolute atomic E-state index is 12.9. The van der Waals surface area contributed by atoms with E-state index in [0.29, 0.717) is 44.3 Å². The molecule has 2 N–H and O–H groups in total. The molecule has 1 aliphatic heterocycles. The first kappa shape index (κ1) is 23.7. The van der Waals surface area contributed by atoms with Crippen LogP contribution in [0.25, 0.3) is 22.4 Å². The van der Waals surface area contributed by atoms with E-state index in [1.165, 1.54) is 6.33 Å². The molecule has 178 valence electrons. The highest BCUT2D eigenvalue weighted by Gasteiger charge is 2.37. The number of amides is 1. The number of carbonyl (C=O) groups is 1. The average molecular weight is 528 g/mol. The third kappa shape index (κ3) is 4.87. The second-order valence-corrected chi connectivity index (χ2v) is 10.2. The first-order chi connectivity index (χ1) is 16.7. The fourth-order valence-corrected chi connectivity index (χ4v) is 4.85. The van der Waals surface area contributed by atoms with E-state index in [1.807, 2.05) is 50.2 Å². The molecule has 35 heavy (non-hydrogen) atoms. The summed E-state index contributed by atoms with van der Waals surface area (Å²) >= 11 is 18.9. The number of hydrogen-bond acceptors (Lipinski definition) is 4. The minimum atomic E-state index is -0.563. The molecular formula is C26H21Cl3N4O2. The van der Waals surface area contributed by atoms with Gasteiger partial charge in [0.1, 0.15) is 11.3 Å². The van der Waals surface area contributed by atoms with Gasteiger partial charge in [-0.3, -0.25) is 4.79 Å². The molecule has 0 spiro atoms. The number of aromatic amines is 1. The van der Waals surface area contributed by atoms with Crippen LogP contribution in [0, 0.1) is 0 Å². The quantitative estimate of drug-likeness (QED) is 0.296. The van der Waals surface area contributed by atoms with E-state index < -0.39 is 5.60 Å². The van der Waals surface area contributed by atoms with Crippen LogP contribution in [0.1, 0.15) is 42.4 Å². The van der Waals surface area contributed by atoms with Crippen molar-refractivity contribution in [2.24, 2.45) is 0 Å². The third-order valence-corrected chi connectivity index (χ3v) is 6.64. The predicted molar refractivity (Wildman–Crippen MR) is 138 cm³/mol. The van der Waals surface area contributed by atoms with Gasteiger partial charge in [-0.15, -0.1) is 0 Å². The SMILES string of the molecule is CC1(C)CC(NC(=O)c2c[nH]cn2)c2cc(-c3ccc(Cl)cc3)c(-c3ccc(Cl)cc3Cl)nc2O1. The van der Waals surface area contributed by atoms with Crippen molar-refractivity contribution in [3.8, 4) is 28.3 Å². The van der Waals surface area contributed by atoms with Crippen molar-refractivity contribution >= 4 is 40.7 Å². The van der Waals surface area contributed by atoms with Crippen molar-refractivity contribution in [3.63, 3.8) is 0 Å². The number of aromatic nitrogens is 3. The number of ether oxygens (including phenoxy) is 1. The third-order valence-electron chi connectivity index (χ3n) is 5.84. The van der Waals surface area contributed by atoms with Crippen molar-refractivity contribution in [1.29, 1.82) is 0 Å². The fraction of sp³-hybridized carbons (Fsp3) is 0.192. The summed E-state index contributed by atoms with van der Waals surface area (Å²) in [6, 6.07) is 14.4. The standard InChI is InChI=1S/C26H21Cl3N4O2/c1-26(2)11-21(32-24(34)22-12-30-13-31-22)19-10-18(14-3-5-15(27)6-4-14)23(33-25(19)35-26)17-8-7-16(28)9-20(17)29/h3-10,12-13,21H,11H2,1-2H3,(H,30,31)(H,32,34). The molecule has 0 saturated heterocycles. The molecule has 4 aromatic rings. The number of halogens is 3. The fourth-order valence-electron chi connectivity index (χ4n) is 4.23. The van der Waals surface area contributed by atoms with Gasteiger partial charge in [-0.25, -0.2) is 9.97 Å². The minimum Gasteiger partial charge on any atom is -0.471 e. The molecule has 3 heterocycles. The Labute approximate surface area is 217 Å². The highest BCUT2D eigenvalue weighted by molar-refractivity contribution is 6.36. The number of imidazole rings is 1. The molecule has 1 unspecified atom stereocenters. The second-order valence-electron chi connectivity index (χ2n) is 8.96. The van der Waals surface area contributed by atoms with Gasteiger partial charge in [-0.1, -0.05) is 46.9 Å². The predicted octanol–water partition coefficient (Wildman–Crippen LogP) is 7.13. The van der Waals surface area contributed by atoms with Crippen LogP contribution < -0.4 is 10.1 Å². The average Bonchev–Trinajstić information content (AvgIpc) is 3.34. The molecule has 0 saturated carbocycles. The van der Waals surface area contributed by atoms with Gasteiger partial charge in [-0.2, -0.15) is 0 Å². The Kier molecular flexibility index (Phi) is 6.21. The zero-order valence-electron chi connectivity index (χ0n) is 18.9. The van der Waals surface area contributed by atoms with Gasteiger partial charge < -0.3 is 15.0 Å². The van der Waals surface area contributed by atoms with Gasteiger partial charge in [0.25, 0.3) is 5.91 Å². The lowest BCUT2D eigenvalue weighted by Gasteiger charge is -2.37. The summed E-state index contributed by atoms with van der Waals surface area (Å²) in [6.07, 6.45) is 3.59. The van der Waals surface area contributed by atoms with E-state index in [9.17, 15) is 4.79 Å². The number of benzene rings is 2. The zero-order chi connectivity index (χ0) is 24.7. The number of carbonyl (C=O) groups excluding carboxylic acids is 1. The van der Waals surface area contributed by atoms with Crippen LogP contribution in [-0.4, -0.2) is 26.5 Å². The maximum Gasteiger partial charge on any atom is 0.271 e. The molecule has 0 aliphatic carbocycles. The minimum absolute atomic E-state index is 0.280. The Morgan fingerprint density at radius 3 is 2.49 bits per heavy atom. The molecule has 2 aromatic carbocycles. The highest BCUT2D eigenvalue weighted by atomic mass is 35.5. The number of pyridine rings is 1. The number of hydrogen-bond donors (Lipinski definition) is 2. The van der Waals surface area contributed by atoms with E-state index in [4.69, 9.17) is 44.5 Å². The van der Waals surface area contributed by atoms with Crippen LogP contribution in [-0.2, 0) is 0 Å². The molecule has 1 atom stereocenters. The molecule has 9 heteroatoms. The lowest BCUT2D eigenvalue weighted by atomic mass is 9.88. The van der Waals surface area contributed by atoms with Crippen LogP contribution in [0.15, 0.2) is 61.1 Å². The Bertz CT molecular complexity index is 1400. The van der Waals surface area contributed by atoms with Crippen LogP contribution in [0.2, 0.25) is 15.1 Å². The van der Waals surface area contributed by atoms with E-state index in [-0.39, 0.29) is 11.9 Å². The molecule has 0 radical (unpaired) electrons. The molecule has 1 amide bonds. The van der Waals surface area contributed by atoms with Crippen LogP contribution in [0.3, 0.4) is 0 Å². The summed E-state index contributed by atoms with van der Waals surface area (Å²) in [4.78, 5) is 24.7. The molecule has 6 nitrogen and oxygen atoms in total. The van der Waals surface area contributed by atoms with Crippen molar-refractivity contribution < 1.29 is 9.53 Å². The summed E-state index contributed by atoms with van der Waals surface area (Å²) in [6.45, 7) is 3.93. The number of rotatable bonds is 4. The maximum atomic E-state index is 12.9. The van der Waals surface area contributed by atoms with Crippen LogP contribution in [0.5, 0.6) is 5.88 Å². The van der Waals surface area contributed by atoms with Gasteiger partial charge in [0.15, 0.2) is 0 Å². The molecule has 2 aromatic heterocycles. The summed E-state index contributed by atoms with van der Waals surface area (Å²) in [5, 5.41) is 4.72. The smallest absolute Gasteiger partial charge is 0.271 e. The van der Waals surface area contributed by atoms with Gasteiger partial charge in [0, 0.05) is 39.4 Å². The molecule has 0 fully saturated rings. The summed E-state index contributed by atoms with van der Waals surface area (Å²) < 4.78 is 6.28. The van der Waals surface area contributed by atoms with E-state index >= 15 is 0 Å². The van der Waals surface area contributed by atoms with Gasteiger partial charge in [-0.05, 0) is 55.8 Å². The van der Waals surface area contributed by atoms with Crippen LogP contribution in [0.4, 0.5) is 0 Å². The molecule has 5 rings (SSSR count). The Morgan fingerprint density at radius 2 is 1.80 bits per heavy atom. The number of nitrogens with one attached hydrogen (secondary N) is 2. The molecular weight excluding hydrogens is 507 g/mol. The number of fused-ring (bicyclic) bond motifs is 1. The van der Waals surface area contributed by atoms with Gasteiger partial charge in [0.2, 0.25) is 5.88 Å². The van der Waals surface area contributed by atoms with Gasteiger partial charge >= 0.3 is 0 Å². The molecule has 1 aliphatic rings. The van der Waals surface area contributed by atoms with Crippen LogP contribution >= 0.6 is 34.8 Å². The van der Waals surface area contributed by atoms with E-state index in [1.54, 1.807) is 18.3 Å². The largest absolute Gasteiger partial charge is 0.471 e. The number of H-pyrrole nitrogens is 1. The molecule has 0 bridgehead atoms. The zero-order valence-corrected chi connectivity index (χ0v) is 21.2. The van der Waals surface area contributed by atoms with Crippen molar-refractivity contribution in [1.82, 2.24) is 20.3 Å². The lowest BCUT2D eigenvalue weighted by molar-refractivity contribution is 0.0571. The van der Waals surface area contributed by atoms with Crippen molar-refractivity contribution in [2.45, 2.75) is 31.9 Å². The highest BCUT2D eigenvalue weighted by Crippen LogP contribution is 2.45. The second kappa shape index (κ2) is 9.19. The lowest BCUT2D eigenvalue weighted by Crippen LogP contribution is -2.41. The first-order valence-electron chi connectivity index (χ1n) is 11.0. The topological polar surface area (TPSA) is 79.9 Å². The Balaban J connectivity index is 1.68. The first-order valence-corrected chi connectivity index (χ1v) is 12.1. The van der Waals surface area contributed by atoms with Crippen molar-refractivity contribution in [3.05, 3.63) is 87.4 Å². The number of nitrogens with zero attached hydrogens (tertiary/aromatic N) is 2. The Morgan fingerprint density at radius 1 is 1.06 bits per heavy atom. The van der Waals surface area contributed by atoms with E-state index in [0.717, 1.165) is 16.7 Å². The van der Waals surface area contributed by atoms with Gasteiger partial charge in [0.05, 0.1) is 23.1 Å². The van der Waals surface area contributed by atoms with E-state index in [2.05, 4.69) is 15.3 Å². The Hall–Kier alpha value is -3.06.